The molecule has 2 nitrogen and oxygen atoms in total. The van der Waals surface area contributed by atoms with Crippen molar-refractivity contribution in [3.05, 3.63) is 34.9 Å². The van der Waals surface area contributed by atoms with Crippen LogP contribution in [0.2, 0.25) is 5.02 Å². The van der Waals surface area contributed by atoms with Crippen LogP contribution in [-0.2, 0) is 6.54 Å². The lowest BCUT2D eigenvalue weighted by Gasteiger charge is -2.34. The minimum atomic E-state index is 0.243. The third-order valence-corrected chi connectivity index (χ3v) is 4.11. The molecule has 0 saturated heterocycles. The van der Waals surface area contributed by atoms with Gasteiger partial charge in [-0.1, -0.05) is 37.6 Å². The molecule has 0 aromatic heterocycles. The number of hydrogen-bond donors (Lipinski definition) is 1. The van der Waals surface area contributed by atoms with Crippen LogP contribution in [0, 0.1) is 5.41 Å². The minimum absolute atomic E-state index is 0.243. The van der Waals surface area contributed by atoms with Gasteiger partial charge in [0.15, 0.2) is 0 Å². The highest BCUT2D eigenvalue weighted by Gasteiger charge is 2.25. The average Bonchev–Trinajstić information content (AvgIpc) is 2.36. The average molecular weight is 269 g/mol. The zero-order valence-corrected chi connectivity index (χ0v) is 12.5. The van der Waals surface area contributed by atoms with E-state index in [0.717, 1.165) is 37.5 Å². The van der Waals surface area contributed by atoms with Gasteiger partial charge in [0.25, 0.3) is 0 Å². The van der Waals surface area contributed by atoms with Gasteiger partial charge in [-0.3, -0.25) is 0 Å². The first-order valence-corrected chi connectivity index (χ1v) is 7.06. The molecular formula is C15H25ClN2. The SMILES string of the molecule is CCC(CC)(CN)CN(C)Cc1cccc(Cl)c1. The zero-order valence-electron chi connectivity index (χ0n) is 11.7. The molecule has 0 heterocycles. The molecule has 0 saturated carbocycles. The summed E-state index contributed by atoms with van der Waals surface area (Å²) in [5.74, 6) is 0. The molecule has 102 valence electrons. The Bertz CT molecular complexity index is 353. The Balaban J connectivity index is 2.63. The van der Waals surface area contributed by atoms with Crippen LogP contribution in [0.3, 0.4) is 0 Å². The minimum Gasteiger partial charge on any atom is -0.330 e. The molecule has 1 rings (SSSR count). The van der Waals surface area contributed by atoms with Crippen molar-refractivity contribution >= 4 is 11.6 Å². The number of benzene rings is 1. The fourth-order valence-electron chi connectivity index (χ4n) is 2.40. The number of rotatable bonds is 7. The van der Waals surface area contributed by atoms with E-state index in [9.17, 15) is 0 Å². The molecule has 0 aliphatic heterocycles. The van der Waals surface area contributed by atoms with Crippen LogP contribution in [0.1, 0.15) is 32.3 Å². The Morgan fingerprint density at radius 1 is 1.28 bits per heavy atom. The summed E-state index contributed by atoms with van der Waals surface area (Å²) in [5.41, 5.74) is 7.44. The van der Waals surface area contributed by atoms with Gasteiger partial charge in [-0.15, -0.1) is 0 Å². The molecule has 0 fully saturated rings. The van der Waals surface area contributed by atoms with Gasteiger partial charge < -0.3 is 10.6 Å². The van der Waals surface area contributed by atoms with Gasteiger partial charge in [-0.2, -0.15) is 0 Å². The Kier molecular flexibility index (Phi) is 6.13. The van der Waals surface area contributed by atoms with Crippen molar-refractivity contribution in [1.29, 1.82) is 0 Å². The van der Waals surface area contributed by atoms with E-state index in [1.54, 1.807) is 0 Å². The lowest BCUT2D eigenvalue weighted by Crippen LogP contribution is -2.40. The van der Waals surface area contributed by atoms with Crippen LogP contribution in [0.5, 0.6) is 0 Å². The largest absolute Gasteiger partial charge is 0.330 e. The molecule has 18 heavy (non-hydrogen) atoms. The Morgan fingerprint density at radius 2 is 1.94 bits per heavy atom. The maximum atomic E-state index is 6.00. The van der Waals surface area contributed by atoms with E-state index >= 15 is 0 Å². The molecule has 1 aromatic carbocycles. The number of nitrogens with two attached hydrogens (primary N) is 1. The van der Waals surface area contributed by atoms with Crippen LogP contribution in [-0.4, -0.2) is 25.0 Å². The first-order valence-electron chi connectivity index (χ1n) is 6.68. The first-order chi connectivity index (χ1) is 8.55. The van der Waals surface area contributed by atoms with Crippen LogP contribution in [0.25, 0.3) is 0 Å². The summed E-state index contributed by atoms with van der Waals surface area (Å²) in [7, 11) is 2.15. The molecule has 0 bridgehead atoms. The van der Waals surface area contributed by atoms with Gasteiger partial charge >= 0.3 is 0 Å². The second kappa shape index (κ2) is 7.13. The van der Waals surface area contributed by atoms with Crippen molar-refractivity contribution in [2.24, 2.45) is 11.1 Å². The number of hydrogen-bond acceptors (Lipinski definition) is 2. The van der Waals surface area contributed by atoms with Gasteiger partial charge in [0.2, 0.25) is 0 Å². The molecular weight excluding hydrogens is 244 g/mol. The normalized spacial score (nSPS) is 12.1. The van der Waals surface area contributed by atoms with Gasteiger partial charge in [0.1, 0.15) is 0 Å². The van der Waals surface area contributed by atoms with Crippen molar-refractivity contribution in [3.63, 3.8) is 0 Å². The van der Waals surface area contributed by atoms with E-state index in [2.05, 4.69) is 31.9 Å². The summed E-state index contributed by atoms with van der Waals surface area (Å²) in [6.45, 7) is 7.15. The van der Waals surface area contributed by atoms with E-state index in [0.29, 0.717) is 0 Å². The molecule has 0 radical (unpaired) electrons. The first kappa shape index (κ1) is 15.5. The molecule has 2 N–H and O–H groups in total. The fourth-order valence-corrected chi connectivity index (χ4v) is 2.62. The van der Waals surface area contributed by atoms with E-state index in [-0.39, 0.29) is 5.41 Å². The second-order valence-electron chi connectivity index (χ2n) is 5.21. The molecule has 3 heteroatoms. The number of nitrogens with zero attached hydrogens (tertiary/aromatic N) is 1. The Hall–Kier alpha value is -0.570. The van der Waals surface area contributed by atoms with Crippen LogP contribution >= 0.6 is 11.6 Å². The second-order valence-corrected chi connectivity index (χ2v) is 5.65. The Morgan fingerprint density at radius 3 is 2.44 bits per heavy atom. The summed E-state index contributed by atoms with van der Waals surface area (Å²) in [4.78, 5) is 2.34. The van der Waals surface area contributed by atoms with Crippen LogP contribution < -0.4 is 5.73 Å². The van der Waals surface area contributed by atoms with Gasteiger partial charge in [0, 0.05) is 18.1 Å². The van der Waals surface area contributed by atoms with Crippen molar-refractivity contribution in [2.75, 3.05) is 20.1 Å². The van der Waals surface area contributed by atoms with Crippen LogP contribution in [0.4, 0.5) is 0 Å². The summed E-state index contributed by atoms with van der Waals surface area (Å²) in [6, 6.07) is 8.05. The molecule has 0 spiro atoms. The van der Waals surface area contributed by atoms with E-state index in [1.807, 2.05) is 18.2 Å². The van der Waals surface area contributed by atoms with Crippen LogP contribution in [0.15, 0.2) is 24.3 Å². The molecule has 1 aromatic rings. The van der Waals surface area contributed by atoms with E-state index < -0.39 is 0 Å². The monoisotopic (exact) mass is 268 g/mol. The van der Waals surface area contributed by atoms with Crippen molar-refractivity contribution < 1.29 is 0 Å². The molecule has 0 aliphatic carbocycles. The lowest BCUT2D eigenvalue weighted by atomic mass is 9.82. The summed E-state index contributed by atoms with van der Waals surface area (Å²) >= 11 is 6.00. The maximum absolute atomic E-state index is 6.00. The standard InChI is InChI=1S/C15H25ClN2/c1-4-15(5-2,11-17)12-18(3)10-13-7-6-8-14(16)9-13/h6-9H,4-5,10-12,17H2,1-3H3. The topological polar surface area (TPSA) is 29.3 Å². The van der Waals surface area contributed by atoms with Gasteiger partial charge in [-0.05, 0) is 49.5 Å². The molecule has 0 unspecified atom stereocenters. The highest BCUT2D eigenvalue weighted by atomic mass is 35.5. The zero-order chi connectivity index (χ0) is 13.6. The van der Waals surface area contributed by atoms with Gasteiger partial charge in [0.05, 0.1) is 0 Å². The summed E-state index contributed by atoms with van der Waals surface area (Å²) in [5, 5.41) is 0.803. The van der Waals surface area contributed by atoms with Crippen molar-refractivity contribution in [1.82, 2.24) is 4.90 Å². The number of halogens is 1. The Labute approximate surface area is 116 Å². The fraction of sp³-hybridized carbons (Fsp3) is 0.600. The highest BCUT2D eigenvalue weighted by Crippen LogP contribution is 2.26. The summed E-state index contributed by atoms with van der Waals surface area (Å²) in [6.07, 6.45) is 2.25. The summed E-state index contributed by atoms with van der Waals surface area (Å²) < 4.78 is 0. The third-order valence-electron chi connectivity index (χ3n) is 3.88. The van der Waals surface area contributed by atoms with E-state index in [1.165, 1.54) is 5.56 Å². The third kappa shape index (κ3) is 4.27. The molecule has 0 atom stereocenters. The predicted octanol–water partition coefficient (Wildman–Crippen LogP) is 3.54. The smallest absolute Gasteiger partial charge is 0.0409 e. The molecule has 0 aliphatic rings. The van der Waals surface area contributed by atoms with Crippen molar-refractivity contribution in [2.45, 2.75) is 33.2 Å². The van der Waals surface area contributed by atoms with Crippen molar-refractivity contribution in [3.8, 4) is 0 Å². The predicted molar refractivity (Wildman–Crippen MR) is 79.9 cm³/mol. The maximum Gasteiger partial charge on any atom is 0.0409 e. The molecule has 0 amide bonds. The quantitative estimate of drug-likeness (QED) is 0.820. The van der Waals surface area contributed by atoms with Gasteiger partial charge in [-0.25, -0.2) is 0 Å². The highest BCUT2D eigenvalue weighted by molar-refractivity contribution is 6.30. The lowest BCUT2D eigenvalue weighted by molar-refractivity contribution is 0.162. The van der Waals surface area contributed by atoms with E-state index in [4.69, 9.17) is 17.3 Å².